The zero-order chi connectivity index (χ0) is 22.1. The molecule has 32 heavy (non-hydrogen) atoms. The molecule has 0 aliphatic carbocycles. The van der Waals surface area contributed by atoms with E-state index in [9.17, 15) is 9.90 Å². The van der Waals surface area contributed by atoms with E-state index >= 15 is 0 Å². The number of benzene rings is 4. The fourth-order valence-corrected chi connectivity index (χ4v) is 4.05. The number of hydrogen-bond donors (Lipinski definition) is 3. The van der Waals surface area contributed by atoms with E-state index in [1.165, 1.54) is 22.9 Å². The number of carbonyl (C=O) groups excluding carboxylic acids is 1. The Hall–Kier alpha value is -3.96. The van der Waals surface area contributed by atoms with Crippen LogP contribution in [0.3, 0.4) is 0 Å². The van der Waals surface area contributed by atoms with E-state index in [-0.39, 0.29) is 16.3 Å². The van der Waals surface area contributed by atoms with Crippen molar-refractivity contribution < 1.29 is 9.90 Å². The largest absolute Gasteiger partial charge is 0.506 e. The second-order valence-electron chi connectivity index (χ2n) is 7.45. The van der Waals surface area contributed by atoms with E-state index < -0.39 is 5.91 Å². The molecule has 1 aliphatic rings. The lowest BCUT2D eigenvalue weighted by molar-refractivity contribution is 0.102. The summed E-state index contributed by atoms with van der Waals surface area (Å²) in [5.41, 5.74) is 3.85. The van der Waals surface area contributed by atoms with E-state index in [0.717, 1.165) is 23.6 Å². The zero-order valence-corrected chi connectivity index (χ0v) is 17.8. The highest BCUT2D eigenvalue weighted by atomic mass is 35.5. The summed E-state index contributed by atoms with van der Waals surface area (Å²) in [6.07, 6.45) is 4.12. The van der Waals surface area contributed by atoms with E-state index in [4.69, 9.17) is 11.6 Å². The maximum absolute atomic E-state index is 12.5. The number of phenolic OH excluding ortho intramolecular Hbond substituents is 1. The molecule has 0 aromatic heterocycles. The molecule has 5 rings (SSSR count). The first-order valence-electron chi connectivity index (χ1n) is 10.2. The number of fused-ring (bicyclic) bond motifs is 3. The average Bonchev–Trinajstić information content (AvgIpc) is 3.04. The Morgan fingerprint density at radius 1 is 0.969 bits per heavy atom. The first kappa shape index (κ1) is 20.0. The van der Waals surface area contributed by atoms with Crippen molar-refractivity contribution in [3.05, 3.63) is 102 Å². The van der Waals surface area contributed by atoms with Crippen molar-refractivity contribution in [3.63, 3.8) is 0 Å². The molecule has 0 fully saturated rings. The number of carbonyl (C=O) groups is 1. The number of aromatic hydroxyl groups is 1. The predicted octanol–water partition coefficient (Wildman–Crippen LogP) is 6.53. The minimum Gasteiger partial charge on any atom is -0.506 e. The maximum Gasteiger partial charge on any atom is 0.259 e. The molecule has 0 unspecified atom stereocenters. The van der Waals surface area contributed by atoms with Crippen LogP contribution in [0.2, 0.25) is 5.02 Å². The van der Waals surface area contributed by atoms with Crippen molar-refractivity contribution in [2.75, 3.05) is 22.1 Å². The van der Waals surface area contributed by atoms with Gasteiger partial charge in [0, 0.05) is 29.5 Å². The summed E-state index contributed by atoms with van der Waals surface area (Å²) in [6.45, 7) is 0.731. The van der Waals surface area contributed by atoms with Crippen LogP contribution in [0.25, 0.3) is 10.8 Å². The van der Waals surface area contributed by atoms with Crippen LogP contribution in [-0.2, 0) is 0 Å². The lowest BCUT2D eigenvalue weighted by Crippen LogP contribution is -2.13. The van der Waals surface area contributed by atoms with Crippen LogP contribution in [0.1, 0.15) is 10.4 Å². The molecule has 3 N–H and O–H groups in total. The molecule has 0 spiro atoms. The standard InChI is InChI=1S/C26H20ClN3O2/c27-22-8-3-7-21(25(22)31)26(32)29-18-10-12-19(13-11-18)30-16-4-15-28-24-20-6-2-1-5-17(20)9-14-23(24)30/h1-14,16,28,31H,15H2,(H,29,32). The van der Waals surface area contributed by atoms with Gasteiger partial charge in [-0.25, -0.2) is 0 Å². The lowest BCUT2D eigenvalue weighted by atomic mass is 10.1. The Morgan fingerprint density at radius 3 is 2.62 bits per heavy atom. The Labute approximate surface area is 190 Å². The van der Waals surface area contributed by atoms with Crippen molar-refractivity contribution in [2.24, 2.45) is 0 Å². The number of hydrogen-bond acceptors (Lipinski definition) is 4. The second-order valence-corrected chi connectivity index (χ2v) is 7.86. The number of nitrogens with one attached hydrogen (secondary N) is 2. The molecule has 1 amide bonds. The highest BCUT2D eigenvalue weighted by Crippen LogP contribution is 2.39. The third-order valence-electron chi connectivity index (χ3n) is 5.45. The minimum atomic E-state index is -0.423. The van der Waals surface area contributed by atoms with Crippen LogP contribution in [0.4, 0.5) is 22.7 Å². The Balaban J connectivity index is 1.44. The average molecular weight is 442 g/mol. The normalized spacial score (nSPS) is 12.7. The van der Waals surface area contributed by atoms with Gasteiger partial charge in [0.25, 0.3) is 5.91 Å². The Kier molecular flexibility index (Phi) is 5.17. The predicted molar refractivity (Wildman–Crippen MR) is 131 cm³/mol. The lowest BCUT2D eigenvalue weighted by Gasteiger charge is -2.23. The molecule has 4 aromatic carbocycles. The van der Waals surface area contributed by atoms with Crippen LogP contribution >= 0.6 is 11.6 Å². The van der Waals surface area contributed by atoms with Gasteiger partial charge in [-0.05, 0) is 53.9 Å². The van der Waals surface area contributed by atoms with Gasteiger partial charge in [0.1, 0.15) is 5.75 Å². The van der Waals surface area contributed by atoms with Crippen molar-refractivity contribution in [1.82, 2.24) is 0 Å². The maximum atomic E-state index is 12.5. The van der Waals surface area contributed by atoms with Gasteiger partial charge in [0.2, 0.25) is 0 Å². The molecule has 1 heterocycles. The molecule has 5 nitrogen and oxygen atoms in total. The highest BCUT2D eigenvalue weighted by Gasteiger charge is 2.17. The summed E-state index contributed by atoms with van der Waals surface area (Å²) in [6, 6.07) is 24.8. The fraction of sp³-hybridized carbons (Fsp3) is 0.0385. The van der Waals surface area contributed by atoms with Crippen molar-refractivity contribution in [1.29, 1.82) is 0 Å². The summed E-state index contributed by atoms with van der Waals surface area (Å²) >= 11 is 5.91. The number of phenols is 1. The number of anilines is 4. The van der Waals surface area contributed by atoms with E-state index in [1.54, 1.807) is 6.07 Å². The first-order valence-corrected chi connectivity index (χ1v) is 10.6. The van der Waals surface area contributed by atoms with Crippen molar-refractivity contribution in [2.45, 2.75) is 0 Å². The second kappa shape index (κ2) is 8.29. The summed E-state index contributed by atoms with van der Waals surface area (Å²) in [4.78, 5) is 14.7. The third kappa shape index (κ3) is 3.63. The van der Waals surface area contributed by atoms with Crippen LogP contribution in [-0.4, -0.2) is 17.6 Å². The fourth-order valence-electron chi connectivity index (χ4n) is 3.87. The first-order chi connectivity index (χ1) is 15.6. The summed E-state index contributed by atoms with van der Waals surface area (Å²) in [5.74, 6) is -0.650. The molecule has 4 aromatic rings. The quantitative estimate of drug-likeness (QED) is 0.338. The number of rotatable bonds is 3. The highest BCUT2D eigenvalue weighted by molar-refractivity contribution is 6.32. The van der Waals surface area contributed by atoms with E-state index in [2.05, 4.69) is 45.9 Å². The molecule has 0 saturated carbocycles. The number of amides is 1. The van der Waals surface area contributed by atoms with Crippen LogP contribution in [0, 0.1) is 0 Å². The van der Waals surface area contributed by atoms with E-state index in [0.29, 0.717) is 5.69 Å². The van der Waals surface area contributed by atoms with Gasteiger partial charge < -0.3 is 20.6 Å². The molecule has 0 saturated heterocycles. The number of halogens is 1. The monoisotopic (exact) mass is 441 g/mol. The van der Waals surface area contributed by atoms with Gasteiger partial charge in [0.05, 0.1) is 22.0 Å². The molecular formula is C26H20ClN3O2. The van der Waals surface area contributed by atoms with Crippen molar-refractivity contribution in [3.8, 4) is 5.75 Å². The minimum absolute atomic E-state index is 0.129. The molecular weight excluding hydrogens is 422 g/mol. The van der Waals surface area contributed by atoms with Crippen LogP contribution in [0.15, 0.2) is 91.1 Å². The number of para-hydroxylation sites is 1. The van der Waals surface area contributed by atoms with Crippen LogP contribution in [0.5, 0.6) is 5.75 Å². The van der Waals surface area contributed by atoms with Gasteiger partial charge in [-0.2, -0.15) is 0 Å². The van der Waals surface area contributed by atoms with Gasteiger partial charge >= 0.3 is 0 Å². The van der Waals surface area contributed by atoms with Gasteiger partial charge in [-0.3, -0.25) is 4.79 Å². The molecule has 0 bridgehead atoms. The summed E-state index contributed by atoms with van der Waals surface area (Å²) in [7, 11) is 0. The van der Waals surface area contributed by atoms with Gasteiger partial charge in [0.15, 0.2) is 0 Å². The zero-order valence-electron chi connectivity index (χ0n) is 17.0. The molecule has 0 atom stereocenters. The Morgan fingerprint density at radius 2 is 1.78 bits per heavy atom. The van der Waals surface area contributed by atoms with Crippen molar-refractivity contribution >= 4 is 51.0 Å². The molecule has 0 radical (unpaired) electrons. The topological polar surface area (TPSA) is 64.6 Å². The SMILES string of the molecule is O=C(Nc1ccc(N2C=CCNc3c2ccc2ccccc32)cc1)c1cccc(Cl)c1O. The smallest absolute Gasteiger partial charge is 0.259 e. The van der Waals surface area contributed by atoms with Gasteiger partial charge in [-0.1, -0.05) is 48.0 Å². The summed E-state index contributed by atoms with van der Waals surface area (Å²) in [5, 5.41) is 18.9. The van der Waals surface area contributed by atoms with Gasteiger partial charge in [-0.15, -0.1) is 0 Å². The molecule has 6 heteroatoms. The third-order valence-corrected chi connectivity index (χ3v) is 5.76. The Bertz CT molecular complexity index is 1350. The molecule has 158 valence electrons. The molecule has 1 aliphatic heterocycles. The number of nitrogens with zero attached hydrogens (tertiary/aromatic N) is 1. The van der Waals surface area contributed by atoms with Crippen LogP contribution < -0.4 is 15.5 Å². The van der Waals surface area contributed by atoms with E-state index in [1.807, 2.05) is 42.6 Å². The summed E-state index contributed by atoms with van der Waals surface area (Å²) < 4.78 is 0.